The van der Waals surface area contributed by atoms with Crippen molar-refractivity contribution in [2.45, 2.75) is 31.7 Å². The van der Waals surface area contributed by atoms with Gasteiger partial charge >= 0.3 is 0 Å². The minimum atomic E-state index is 0.157. The fourth-order valence-electron chi connectivity index (χ4n) is 2.86. The smallest absolute Gasteiger partial charge is 0.122 e. The van der Waals surface area contributed by atoms with E-state index >= 15 is 0 Å². The SMILES string of the molecule is CC(N)Cc1ccccc1OCC1Cc2ccccc21. The molecule has 2 aromatic carbocycles. The van der Waals surface area contributed by atoms with Gasteiger partial charge in [0, 0.05) is 12.0 Å². The predicted octanol–water partition coefficient (Wildman–Crippen LogP) is 3.30. The third-order valence-electron chi connectivity index (χ3n) is 3.92. The Labute approximate surface area is 120 Å². The van der Waals surface area contributed by atoms with E-state index in [2.05, 4.69) is 30.3 Å². The molecule has 20 heavy (non-hydrogen) atoms. The number of benzene rings is 2. The Balaban J connectivity index is 1.65. The van der Waals surface area contributed by atoms with E-state index in [1.54, 1.807) is 0 Å². The summed E-state index contributed by atoms with van der Waals surface area (Å²) in [6.45, 7) is 2.78. The van der Waals surface area contributed by atoms with Gasteiger partial charge in [0.2, 0.25) is 0 Å². The van der Waals surface area contributed by atoms with Crippen molar-refractivity contribution in [2.75, 3.05) is 6.61 Å². The first-order valence-corrected chi connectivity index (χ1v) is 7.28. The molecule has 0 saturated heterocycles. The van der Waals surface area contributed by atoms with Crippen LogP contribution < -0.4 is 10.5 Å². The zero-order valence-corrected chi connectivity index (χ0v) is 11.9. The summed E-state index contributed by atoms with van der Waals surface area (Å²) in [6, 6.07) is 17.0. The van der Waals surface area contributed by atoms with Crippen LogP contribution in [0.4, 0.5) is 0 Å². The molecule has 0 heterocycles. The van der Waals surface area contributed by atoms with Crippen LogP contribution in [-0.4, -0.2) is 12.6 Å². The van der Waals surface area contributed by atoms with Gasteiger partial charge in [-0.1, -0.05) is 42.5 Å². The average molecular weight is 267 g/mol. The molecular weight excluding hydrogens is 246 g/mol. The molecule has 104 valence electrons. The van der Waals surface area contributed by atoms with Gasteiger partial charge in [-0.15, -0.1) is 0 Å². The lowest BCUT2D eigenvalue weighted by Crippen LogP contribution is -2.23. The molecule has 0 spiro atoms. The van der Waals surface area contributed by atoms with Gasteiger partial charge in [0.25, 0.3) is 0 Å². The van der Waals surface area contributed by atoms with Gasteiger partial charge in [-0.25, -0.2) is 0 Å². The zero-order valence-electron chi connectivity index (χ0n) is 11.9. The van der Waals surface area contributed by atoms with Crippen LogP contribution in [0.5, 0.6) is 5.75 Å². The highest BCUT2D eigenvalue weighted by Crippen LogP contribution is 2.35. The van der Waals surface area contributed by atoms with Gasteiger partial charge in [-0.05, 0) is 42.5 Å². The van der Waals surface area contributed by atoms with Crippen LogP contribution in [0.2, 0.25) is 0 Å². The van der Waals surface area contributed by atoms with Crippen molar-refractivity contribution in [1.29, 1.82) is 0 Å². The lowest BCUT2D eigenvalue weighted by molar-refractivity contribution is 0.272. The summed E-state index contributed by atoms with van der Waals surface area (Å²) in [5.74, 6) is 1.52. The van der Waals surface area contributed by atoms with Gasteiger partial charge in [0.15, 0.2) is 0 Å². The van der Waals surface area contributed by atoms with Crippen LogP contribution >= 0.6 is 0 Å². The summed E-state index contributed by atoms with van der Waals surface area (Å²) in [4.78, 5) is 0. The lowest BCUT2D eigenvalue weighted by Gasteiger charge is -2.30. The Bertz CT molecular complexity index is 591. The van der Waals surface area contributed by atoms with Crippen LogP contribution in [0.15, 0.2) is 48.5 Å². The van der Waals surface area contributed by atoms with Crippen molar-refractivity contribution in [3.63, 3.8) is 0 Å². The predicted molar refractivity (Wildman–Crippen MR) is 82.2 cm³/mol. The van der Waals surface area contributed by atoms with Gasteiger partial charge in [-0.2, -0.15) is 0 Å². The molecule has 2 atom stereocenters. The number of nitrogens with two attached hydrogens (primary N) is 1. The number of fused-ring (bicyclic) bond motifs is 1. The summed E-state index contributed by atoms with van der Waals surface area (Å²) in [6.07, 6.45) is 1.99. The summed E-state index contributed by atoms with van der Waals surface area (Å²) in [5, 5.41) is 0. The van der Waals surface area contributed by atoms with Crippen LogP contribution in [0.1, 0.15) is 29.5 Å². The summed E-state index contributed by atoms with van der Waals surface area (Å²) in [5.41, 5.74) is 10.0. The van der Waals surface area contributed by atoms with Crippen molar-refractivity contribution in [3.8, 4) is 5.75 Å². The largest absolute Gasteiger partial charge is 0.493 e. The minimum absolute atomic E-state index is 0.157. The molecule has 0 aliphatic heterocycles. The van der Waals surface area contributed by atoms with E-state index in [0.717, 1.165) is 25.2 Å². The molecule has 2 nitrogen and oxygen atoms in total. The second-order valence-corrected chi connectivity index (χ2v) is 5.70. The topological polar surface area (TPSA) is 35.2 Å². The summed E-state index contributed by atoms with van der Waals surface area (Å²) in [7, 11) is 0. The van der Waals surface area contributed by atoms with Crippen molar-refractivity contribution >= 4 is 0 Å². The van der Waals surface area contributed by atoms with Crippen LogP contribution in [0.3, 0.4) is 0 Å². The maximum atomic E-state index is 6.04. The molecule has 1 aliphatic carbocycles. The van der Waals surface area contributed by atoms with Crippen LogP contribution in [0.25, 0.3) is 0 Å². The fraction of sp³-hybridized carbons (Fsp3) is 0.333. The van der Waals surface area contributed by atoms with Crippen molar-refractivity contribution < 1.29 is 4.74 Å². The van der Waals surface area contributed by atoms with E-state index in [4.69, 9.17) is 10.5 Å². The van der Waals surface area contributed by atoms with Gasteiger partial charge in [0.05, 0.1) is 6.61 Å². The van der Waals surface area contributed by atoms with E-state index in [0.29, 0.717) is 5.92 Å². The number of hydrogen-bond donors (Lipinski definition) is 1. The van der Waals surface area contributed by atoms with Crippen molar-refractivity contribution in [1.82, 2.24) is 0 Å². The fourth-order valence-corrected chi connectivity index (χ4v) is 2.86. The first kappa shape index (κ1) is 13.2. The Kier molecular flexibility index (Phi) is 3.75. The molecule has 1 aliphatic rings. The molecule has 0 bridgehead atoms. The molecule has 2 heteroatoms. The number of rotatable bonds is 5. The van der Waals surface area contributed by atoms with E-state index < -0.39 is 0 Å². The highest BCUT2D eigenvalue weighted by Gasteiger charge is 2.26. The highest BCUT2D eigenvalue weighted by atomic mass is 16.5. The molecule has 0 aromatic heterocycles. The van der Waals surface area contributed by atoms with Gasteiger partial charge in [0.1, 0.15) is 5.75 Å². The van der Waals surface area contributed by atoms with E-state index in [1.807, 2.05) is 25.1 Å². The molecule has 0 fully saturated rings. The lowest BCUT2D eigenvalue weighted by atomic mass is 9.78. The van der Waals surface area contributed by atoms with Crippen molar-refractivity contribution in [2.24, 2.45) is 5.73 Å². The summed E-state index contributed by atoms with van der Waals surface area (Å²) < 4.78 is 6.04. The number of ether oxygens (including phenoxy) is 1. The average Bonchev–Trinajstić information content (AvgIpc) is 2.41. The van der Waals surface area contributed by atoms with Crippen LogP contribution in [-0.2, 0) is 12.8 Å². The third kappa shape index (κ3) is 2.70. The van der Waals surface area contributed by atoms with Crippen molar-refractivity contribution in [3.05, 3.63) is 65.2 Å². The first-order valence-electron chi connectivity index (χ1n) is 7.28. The highest BCUT2D eigenvalue weighted by molar-refractivity contribution is 5.40. The molecule has 3 rings (SSSR count). The Morgan fingerprint density at radius 1 is 1.15 bits per heavy atom. The second kappa shape index (κ2) is 5.68. The normalized spacial score (nSPS) is 18.0. The van der Waals surface area contributed by atoms with E-state index in [1.165, 1.54) is 16.7 Å². The third-order valence-corrected chi connectivity index (χ3v) is 3.92. The molecule has 2 aromatic rings. The van der Waals surface area contributed by atoms with Gasteiger partial charge < -0.3 is 10.5 Å². The van der Waals surface area contributed by atoms with E-state index in [-0.39, 0.29) is 6.04 Å². The molecule has 2 unspecified atom stereocenters. The maximum absolute atomic E-state index is 6.04. The van der Waals surface area contributed by atoms with E-state index in [9.17, 15) is 0 Å². The molecule has 2 N–H and O–H groups in total. The first-order chi connectivity index (χ1) is 9.74. The zero-order chi connectivity index (χ0) is 13.9. The quantitative estimate of drug-likeness (QED) is 0.902. The minimum Gasteiger partial charge on any atom is -0.493 e. The molecule has 0 saturated carbocycles. The Hall–Kier alpha value is -1.80. The molecule has 0 amide bonds. The van der Waals surface area contributed by atoms with Crippen LogP contribution in [0, 0.1) is 0 Å². The van der Waals surface area contributed by atoms with Gasteiger partial charge in [-0.3, -0.25) is 0 Å². The Morgan fingerprint density at radius 3 is 2.70 bits per heavy atom. The Morgan fingerprint density at radius 2 is 1.90 bits per heavy atom. The molecular formula is C18H21NO. The number of hydrogen-bond acceptors (Lipinski definition) is 2. The number of para-hydroxylation sites is 1. The standard InChI is InChI=1S/C18H21NO/c1-13(19)10-15-7-3-5-9-18(15)20-12-16-11-14-6-2-4-8-17(14)16/h2-9,13,16H,10-12,19H2,1H3. The summed E-state index contributed by atoms with van der Waals surface area (Å²) >= 11 is 0. The monoisotopic (exact) mass is 267 g/mol. The maximum Gasteiger partial charge on any atom is 0.122 e. The molecule has 0 radical (unpaired) electrons. The second-order valence-electron chi connectivity index (χ2n) is 5.70.